The van der Waals surface area contributed by atoms with Gasteiger partial charge in [0, 0.05) is 5.41 Å². The fraction of sp³-hybridized carbons (Fsp3) is 0.556. The Kier molecular flexibility index (Phi) is 2.40. The number of ether oxygens (including phenoxy) is 1. The quantitative estimate of drug-likeness (QED) is 0.710. The summed E-state index contributed by atoms with van der Waals surface area (Å²) >= 11 is 0. The predicted octanol–water partition coefficient (Wildman–Crippen LogP) is 1.36. The monoisotopic (exact) mass is 181 g/mol. The van der Waals surface area contributed by atoms with Crippen molar-refractivity contribution in [3.8, 4) is 5.88 Å². The van der Waals surface area contributed by atoms with Crippen molar-refractivity contribution in [2.75, 3.05) is 12.8 Å². The summed E-state index contributed by atoms with van der Waals surface area (Å²) in [6.07, 6.45) is 1.68. The highest BCUT2D eigenvalue weighted by molar-refractivity contribution is 5.40. The maximum Gasteiger partial charge on any atom is 0.257 e. The van der Waals surface area contributed by atoms with Crippen molar-refractivity contribution in [1.29, 1.82) is 0 Å². The molecule has 0 bridgehead atoms. The molecule has 0 atom stereocenters. The molecule has 0 amide bonds. The number of hydrogen-bond donors (Lipinski definition) is 1. The molecule has 0 aliphatic rings. The number of nitrogen functional groups attached to an aromatic ring is 1. The molecule has 1 aromatic rings. The number of nitrogens with two attached hydrogens (primary N) is 1. The maximum atomic E-state index is 5.54. The first-order valence-corrected chi connectivity index (χ1v) is 4.12. The number of aromatic nitrogens is 2. The van der Waals surface area contributed by atoms with Crippen LogP contribution in [0.5, 0.6) is 5.88 Å². The number of hydrogen-bond acceptors (Lipinski definition) is 4. The summed E-state index contributed by atoms with van der Waals surface area (Å²) in [4.78, 5) is 8.26. The molecule has 2 N–H and O–H groups in total. The Labute approximate surface area is 78.1 Å². The van der Waals surface area contributed by atoms with Crippen molar-refractivity contribution in [2.45, 2.75) is 26.2 Å². The van der Waals surface area contributed by atoms with Crippen LogP contribution >= 0.6 is 0 Å². The lowest BCUT2D eigenvalue weighted by molar-refractivity contribution is 0.392. The lowest BCUT2D eigenvalue weighted by Crippen LogP contribution is -2.15. The summed E-state index contributed by atoms with van der Waals surface area (Å²) in [7, 11) is 1.53. The second-order valence-electron chi connectivity index (χ2n) is 3.90. The first kappa shape index (κ1) is 9.77. The molecule has 0 saturated heterocycles. The number of methoxy groups -OCH3 is 1. The molecule has 1 rings (SSSR count). The van der Waals surface area contributed by atoms with Gasteiger partial charge < -0.3 is 10.5 Å². The second-order valence-corrected chi connectivity index (χ2v) is 3.90. The molecular weight excluding hydrogens is 166 g/mol. The normalized spacial score (nSPS) is 11.4. The highest BCUT2D eigenvalue weighted by Gasteiger charge is 2.17. The molecule has 72 valence electrons. The van der Waals surface area contributed by atoms with E-state index in [0.717, 1.165) is 5.69 Å². The van der Waals surface area contributed by atoms with Crippen LogP contribution in [-0.2, 0) is 5.41 Å². The van der Waals surface area contributed by atoms with Gasteiger partial charge in [0.2, 0.25) is 0 Å². The van der Waals surface area contributed by atoms with E-state index in [4.69, 9.17) is 10.5 Å². The van der Waals surface area contributed by atoms with Gasteiger partial charge >= 0.3 is 0 Å². The second kappa shape index (κ2) is 3.20. The molecular formula is C9H15N3O. The van der Waals surface area contributed by atoms with E-state index >= 15 is 0 Å². The van der Waals surface area contributed by atoms with Crippen LogP contribution in [0.4, 0.5) is 5.82 Å². The molecule has 0 aliphatic carbocycles. The van der Waals surface area contributed by atoms with Gasteiger partial charge in [-0.3, -0.25) is 0 Å². The Hall–Kier alpha value is -1.32. The van der Waals surface area contributed by atoms with Gasteiger partial charge in [0.1, 0.15) is 0 Å². The van der Waals surface area contributed by atoms with Crippen LogP contribution in [0.1, 0.15) is 26.5 Å². The van der Waals surface area contributed by atoms with Gasteiger partial charge in [-0.05, 0) is 0 Å². The summed E-state index contributed by atoms with van der Waals surface area (Å²) in [6.45, 7) is 6.19. The zero-order chi connectivity index (χ0) is 10.1. The van der Waals surface area contributed by atoms with E-state index in [0.29, 0.717) is 11.7 Å². The molecule has 0 radical (unpaired) electrons. The predicted molar refractivity (Wildman–Crippen MR) is 51.7 cm³/mol. The van der Waals surface area contributed by atoms with Crippen molar-refractivity contribution in [2.24, 2.45) is 0 Å². The van der Waals surface area contributed by atoms with Gasteiger partial charge in [-0.1, -0.05) is 20.8 Å². The van der Waals surface area contributed by atoms with E-state index < -0.39 is 0 Å². The van der Waals surface area contributed by atoms with E-state index in [-0.39, 0.29) is 5.41 Å². The first-order valence-electron chi connectivity index (χ1n) is 4.12. The van der Waals surface area contributed by atoms with Crippen molar-refractivity contribution >= 4 is 5.82 Å². The number of rotatable bonds is 1. The Balaban J connectivity index is 3.14. The minimum Gasteiger partial charge on any atom is -0.478 e. The largest absolute Gasteiger partial charge is 0.478 e. The van der Waals surface area contributed by atoms with Crippen LogP contribution in [-0.4, -0.2) is 17.1 Å². The minimum atomic E-state index is -0.0337. The highest BCUT2D eigenvalue weighted by Crippen LogP contribution is 2.23. The molecule has 0 unspecified atom stereocenters. The lowest BCUT2D eigenvalue weighted by Gasteiger charge is -2.17. The first-order chi connectivity index (χ1) is 5.95. The fourth-order valence-corrected chi connectivity index (χ4v) is 0.893. The van der Waals surface area contributed by atoms with Gasteiger partial charge in [-0.25, -0.2) is 9.97 Å². The summed E-state index contributed by atoms with van der Waals surface area (Å²) in [5.41, 5.74) is 6.38. The van der Waals surface area contributed by atoms with E-state index in [9.17, 15) is 0 Å². The SMILES string of the molecule is COc1nc(C(C)(C)C)cnc1N. The molecule has 13 heavy (non-hydrogen) atoms. The highest BCUT2D eigenvalue weighted by atomic mass is 16.5. The Morgan fingerprint density at radius 1 is 1.38 bits per heavy atom. The smallest absolute Gasteiger partial charge is 0.257 e. The summed E-state index contributed by atoms with van der Waals surface area (Å²) < 4.78 is 4.98. The van der Waals surface area contributed by atoms with Gasteiger partial charge in [0.15, 0.2) is 5.82 Å². The summed E-state index contributed by atoms with van der Waals surface area (Å²) in [5.74, 6) is 0.725. The van der Waals surface area contributed by atoms with Gasteiger partial charge in [-0.15, -0.1) is 0 Å². The van der Waals surface area contributed by atoms with Gasteiger partial charge in [-0.2, -0.15) is 0 Å². The molecule has 1 aromatic heterocycles. The molecule has 0 saturated carbocycles. The van der Waals surface area contributed by atoms with Crippen molar-refractivity contribution in [3.63, 3.8) is 0 Å². The molecule has 1 heterocycles. The Morgan fingerprint density at radius 2 is 2.00 bits per heavy atom. The van der Waals surface area contributed by atoms with Gasteiger partial charge in [0.25, 0.3) is 5.88 Å². The third-order valence-corrected chi connectivity index (χ3v) is 1.73. The zero-order valence-electron chi connectivity index (χ0n) is 8.46. The molecule has 0 aliphatic heterocycles. The van der Waals surface area contributed by atoms with Crippen LogP contribution in [0.2, 0.25) is 0 Å². The fourth-order valence-electron chi connectivity index (χ4n) is 0.893. The van der Waals surface area contributed by atoms with Crippen LogP contribution in [0.3, 0.4) is 0 Å². The van der Waals surface area contributed by atoms with Crippen LogP contribution < -0.4 is 10.5 Å². The standard InChI is InChI=1S/C9H15N3O/c1-9(2,3)6-5-11-7(10)8(12-6)13-4/h5H,1-4H3,(H2,10,11). The average molecular weight is 181 g/mol. The van der Waals surface area contributed by atoms with Gasteiger partial charge in [0.05, 0.1) is 19.0 Å². The minimum absolute atomic E-state index is 0.0337. The summed E-state index contributed by atoms with van der Waals surface area (Å²) in [6, 6.07) is 0. The van der Waals surface area contributed by atoms with E-state index in [1.54, 1.807) is 6.20 Å². The molecule has 0 fully saturated rings. The van der Waals surface area contributed by atoms with Crippen molar-refractivity contribution < 1.29 is 4.74 Å². The third-order valence-electron chi connectivity index (χ3n) is 1.73. The average Bonchev–Trinajstić information content (AvgIpc) is 2.03. The van der Waals surface area contributed by atoms with Crippen molar-refractivity contribution in [3.05, 3.63) is 11.9 Å². The van der Waals surface area contributed by atoms with Crippen LogP contribution in [0.15, 0.2) is 6.20 Å². The van der Waals surface area contributed by atoms with Crippen LogP contribution in [0.25, 0.3) is 0 Å². The Morgan fingerprint density at radius 3 is 2.46 bits per heavy atom. The Bertz CT molecular complexity index is 304. The molecule has 0 aromatic carbocycles. The van der Waals surface area contributed by atoms with E-state index in [2.05, 4.69) is 30.7 Å². The molecule has 4 nitrogen and oxygen atoms in total. The number of anilines is 1. The summed E-state index contributed by atoms with van der Waals surface area (Å²) in [5, 5.41) is 0. The molecule has 4 heteroatoms. The third kappa shape index (κ3) is 2.08. The lowest BCUT2D eigenvalue weighted by atomic mass is 9.93. The van der Waals surface area contributed by atoms with Crippen LogP contribution in [0, 0.1) is 0 Å². The van der Waals surface area contributed by atoms with E-state index in [1.165, 1.54) is 7.11 Å². The number of nitrogens with zero attached hydrogens (tertiary/aromatic N) is 2. The zero-order valence-corrected chi connectivity index (χ0v) is 8.46. The van der Waals surface area contributed by atoms with E-state index in [1.807, 2.05) is 0 Å². The maximum absolute atomic E-state index is 5.54. The molecule has 0 spiro atoms. The topological polar surface area (TPSA) is 61.0 Å². The van der Waals surface area contributed by atoms with Crippen molar-refractivity contribution in [1.82, 2.24) is 9.97 Å².